The van der Waals surface area contributed by atoms with Crippen molar-refractivity contribution in [2.45, 2.75) is 32.6 Å². The van der Waals surface area contributed by atoms with Crippen LogP contribution < -0.4 is 4.90 Å². The Balaban J connectivity index is 1.42. The summed E-state index contributed by atoms with van der Waals surface area (Å²) in [7, 11) is 0. The van der Waals surface area contributed by atoms with Crippen LogP contribution in [0.25, 0.3) is 11.4 Å². The molecule has 0 N–H and O–H groups in total. The molecule has 1 aromatic heterocycles. The number of aromatic nitrogens is 2. The fourth-order valence-corrected chi connectivity index (χ4v) is 5.20. The van der Waals surface area contributed by atoms with E-state index in [1.165, 1.54) is 17.7 Å². The summed E-state index contributed by atoms with van der Waals surface area (Å²) < 4.78 is 14.0. The van der Waals surface area contributed by atoms with Crippen molar-refractivity contribution < 1.29 is 9.18 Å². The highest BCUT2D eigenvalue weighted by molar-refractivity contribution is 5.84. The minimum absolute atomic E-state index is 0.128. The van der Waals surface area contributed by atoms with Crippen molar-refractivity contribution >= 4 is 11.7 Å². The summed E-state index contributed by atoms with van der Waals surface area (Å²) in [5.41, 5.74) is 4.85. The summed E-state index contributed by atoms with van der Waals surface area (Å²) >= 11 is 0. The molecule has 1 saturated heterocycles. The molecule has 1 unspecified atom stereocenters. The van der Waals surface area contributed by atoms with Gasteiger partial charge >= 0.3 is 0 Å². The first-order valence-corrected chi connectivity index (χ1v) is 13.3. The van der Waals surface area contributed by atoms with E-state index in [2.05, 4.69) is 24.0 Å². The van der Waals surface area contributed by atoms with Crippen LogP contribution in [-0.2, 0) is 11.2 Å². The fourth-order valence-electron chi connectivity index (χ4n) is 5.20. The van der Waals surface area contributed by atoms with Gasteiger partial charge in [0.15, 0.2) is 5.82 Å². The average Bonchev–Trinajstić information content (AvgIpc) is 2.95. The van der Waals surface area contributed by atoms with Gasteiger partial charge in [-0.3, -0.25) is 4.79 Å². The molecule has 1 atom stereocenters. The van der Waals surface area contributed by atoms with E-state index in [4.69, 9.17) is 9.97 Å². The van der Waals surface area contributed by atoms with Crippen LogP contribution in [0.3, 0.4) is 0 Å². The second-order valence-electron chi connectivity index (χ2n) is 9.79. The number of carbonyl (C=O) groups excluding carboxylic acids is 1. The van der Waals surface area contributed by atoms with Crippen molar-refractivity contribution in [1.29, 1.82) is 0 Å². The van der Waals surface area contributed by atoms with Gasteiger partial charge in [-0.15, -0.1) is 0 Å². The molecule has 6 heteroatoms. The van der Waals surface area contributed by atoms with E-state index in [1.54, 1.807) is 6.07 Å². The van der Waals surface area contributed by atoms with E-state index in [-0.39, 0.29) is 17.6 Å². The number of benzene rings is 3. The topological polar surface area (TPSA) is 49.3 Å². The maximum atomic E-state index is 14.0. The number of halogens is 1. The molecule has 1 fully saturated rings. The lowest BCUT2D eigenvalue weighted by molar-refractivity contribution is -0.133. The van der Waals surface area contributed by atoms with E-state index < -0.39 is 0 Å². The Kier molecular flexibility index (Phi) is 7.78. The highest BCUT2D eigenvalue weighted by Crippen LogP contribution is 2.29. The number of rotatable bonds is 7. The Morgan fingerprint density at radius 3 is 2.24 bits per heavy atom. The molecule has 0 spiro atoms. The summed E-state index contributed by atoms with van der Waals surface area (Å²) in [6.07, 6.45) is 1.48. The van der Waals surface area contributed by atoms with Crippen LogP contribution in [0.15, 0.2) is 84.9 Å². The molecule has 1 amide bonds. The lowest BCUT2D eigenvalue weighted by Gasteiger charge is -2.38. The molecule has 1 aliphatic heterocycles. The van der Waals surface area contributed by atoms with Gasteiger partial charge in [-0.2, -0.15) is 0 Å². The molecular weight excluding hydrogens is 475 g/mol. The SMILES string of the molecule is CCC(C(=O)N1CCN(c2nc(-c3cccc(F)c3)nc(C)c2Cc2ccccc2)CC1)c1ccccc1. The first-order chi connectivity index (χ1) is 18.5. The number of carbonyl (C=O) groups is 1. The quantitative estimate of drug-likeness (QED) is 0.306. The smallest absolute Gasteiger partial charge is 0.230 e. The van der Waals surface area contributed by atoms with E-state index >= 15 is 0 Å². The van der Waals surface area contributed by atoms with Gasteiger partial charge in [0.25, 0.3) is 0 Å². The van der Waals surface area contributed by atoms with Crippen molar-refractivity contribution in [1.82, 2.24) is 14.9 Å². The molecule has 0 radical (unpaired) electrons. The molecule has 1 aliphatic rings. The molecule has 0 bridgehead atoms. The van der Waals surface area contributed by atoms with Crippen molar-refractivity contribution in [3.63, 3.8) is 0 Å². The Morgan fingerprint density at radius 1 is 0.895 bits per heavy atom. The zero-order chi connectivity index (χ0) is 26.5. The summed E-state index contributed by atoms with van der Waals surface area (Å²) in [5, 5.41) is 0. The number of nitrogens with zero attached hydrogens (tertiary/aromatic N) is 4. The van der Waals surface area contributed by atoms with E-state index in [0.717, 1.165) is 29.1 Å². The maximum absolute atomic E-state index is 14.0. The average molecular weight is 509 g/mol. The standard InChI is InChI=1S/C32H33FN4O/c1-3-28(25-13-8-5-9-14-25)32(38)37-19-17-36(18-20-37)31-29(21-24-11-6-4-7-12-24)23(2)34-30(35-31)26-15-10-16-27(33)22-26/h4-16,22,28H,3,17-21H2,1-2H3. The van der Waals surface area contributed by atoms with Gasteiger partial charge in [-0.05, 0) is 36.6 Å². The van der Waals surface area contributed by atoms with E-state index in [1.807, 2.05) is 66.4 Å². The third-order valence-corrected chi connectivity index (χ3v) is 7.30. The van der Waals surface area contributed by atoms with Crippen molar-refractivity contribution in [2.24, 2.45) is 0 Å². The first kappa shape index (κ1) is 25.6. The molecule has 2 heterocycles. The minimum atomic E-state index is -0.310. The number of piperazine rings is 1. The maximum Gasteiger partial charge on any atom is 0.230 e. The summed E-state index contributed by atoms with van der Waals surface area (Å²) in [4.78, 5) is 27.4. The Morgan fingerprint density at radius 2 is 1.58 bits per heavy atom. The third kappa shape index (κ3) is 5.59. The lowest BCUT2D eigenvalue weighted by Crippen LogP contribution is -2.50. The predicted octanol–water partition coefficient (Wildman–Crippen LogP) is 6.02. The Labute approximate surface area is 224 Å². The van der Waals surface area contributed by atoms with Crippen molar-refractivity contribution in [2.75, 3.05) is 31.1 Å². The number of aryl methyl sites for hydroxylation is 1. The zero-order valence-electron chi connectivity index (χ0n) is 22.0. The van der Waals surface area contributed by atoms with Gasteiger partial charge in [0, 0.05) is 49.4 Å². The lowest BCUT2D eigenvalue weighted by atomic mass is 9.94. The molecule has 194 valence electrons. The number of hydrogen-bond acceptors (Lipinski definition) is 4. The molecule has 0 saturated carbocycles. The van der Waals surface area contributed by atoms with Gasteiger partial charge in [0.05, 0.1) is 5.92 Å². The molecule has 3 aromatic carbocycles. The monoisotopic (exact) mass is 508 g/mol. The molecular formula is C32H33FN4O. The largest absolute Gasteiger partial charge is 0.353 e. The van der Waals surface area contributed by atoms with Gasteiger partial charge in [-0.25, -0.2) is 14.4 Å². The summed E-state index contributed by atoms with van der Waals surface area (Å²) in [6, 6.07) is 26.7. The highest BCUT2D eigenvalue weighted by atomic mass is 19.1. The van der Waals surface area contributed by atoms with E-state index in [0.29, 0.717) is 44.0 Å². The number of hydrogen-bond donors (Lipinski definition) is 0. The second-order valence-corrected chi connectivity index (χ2v) is 9.79. The van der Waals surface area contributed by atoms with Gasteiger partial charge in [0.2, 0.25) is 5.91 Å². The van der Waals surface area contributed by atoms with Crippen LogP contribution in [-0.4, -0.2) is 47.0 Å². The molecule has 0 aliphatic carbocycles. The third-order valence-electron chi connectivity index (χ3n) is 7.30. The number of anilines is 1. The van der Waals surface area contributed by atoms with Crippen molar-refractivity contribution in [3.8, 4) is 11.4 Å². The predicted molar refractivity (Wildman–Crippen MR) is 150 cm³/mol. The van der Waals surface area contributed by atoms with Crippen LogP contribution in [0.4, 0.5) is 10.2 Å². The first-order valence-electron chi connectivity index (χ1n) is 13.3. The van der Waals surface area contributed by atoms with E-state index in [9.17, 15) is 9.18 Å². The molecule has 5 nitrogen and oxygen atoms in total. The highest BCUT2D eigenvalue weighted by Gasteiger charge is 2.29. The fraction of sp³-hybridized carbons (Fsp3) is 0.281. The zero-order valence-corrected chi connectivity index (χ0v) is 22.0. The minimum Gasteiger partial charge on any atom is -0.353 e. The normalized spacial score (nSPS) is 14.4. The molecule has 4 aromatic rings. The van der Waals surface area contributed by atoms with Crippen LogP contribution in [0.2, 0.25) is 0 Å². The second kappa shape index (κ2) is 11.5. The van der Waals surface area contributed by atoms with Crippen LogP contribution in [0, 0.1) is 12.7 Å². The Bertz CT molecular complexity index is 1390. The number of amides is 1. The Hall–Kier alpha value is -4.06. The van der Waals surface area contributed by atoms with Crippen molar-refractivity contribution in [3.05, 3.63) is 113 Å². The van der Waals surface area contributed by atoms with Crippen LogP contribution in [0.1, 0.15) is 41.6 Å². The molecule has 5 rings (SSSR count). The van der Waals surface area contributed by atoms with Gasteiger partial charge < -0.3 is 9.80 Å². The van der Waals surface area contributed by atoms with Crippen LogP contribution >= 0.6 is 0 Å². The summed E-state index contributed by atoms with van der Waals surface area (Å²) in [6.45, 7) is 6.68. The molecule has 38 heavy (non-hydrogen) atoms. The summed E-state index contributed by atoms with van der Waals surface area (Å²) in [5.74, 6) is 1.12. The van der Waals surface area contributed by atoms with Gasteiger partial charge in [0.1, 0.15) is 11.6 Å². The van der Waals surface area contributed by atoms with Gasteiger partial charge in [-0.1, -0.05) is 79.7 Å². The van der Waals surface area contributed by atoms with Crippen LogP contribution in [0.5, 0.6) is 0 Å².